The van der Waals surface area contributed by atoms with Crippen LogP contribution in [-0.2, 0) is 11.3 Å². The highest BCUT2D eigenvalue weighted by molar-refractivity contribution is 5.89. The molecule has 0 amide bonds. The summed E-state index contributed by atoms with van der Waals surface area (Å²) in [5, 5.41) is 0. The molecule has 0 bridgehead atoms. The van der Waals surface area contributed by atoms with Crippen molar-refractivity contribution in [3.8, 4) is 0 Å². The minimum Gasteiger partial charge on any atom is -0.465 e. The number of hydrogen-bond acceptors (Lipinski definition) is 4. The van der Waals surface area contributed by atoms with Gasteiger partial charge in [-0.1, -0.05) is 26.0 Å². The first-order valence-corrected chi connectivity index (χ1v) is 7.07. The van der Waals surface area contributed by atoms with Crippen molar-refractivity contribution in [3.63, 3.8) is 0 Å². The molecule has 2 N–H and O–H groups in total. The predicted octanol–water partition coefficient (Wildman–Crippen LogP) is 2.45. The fraction of sp³-hybridized carbons (Fsp3) is 0.562. The summed E-state index contributed by atoms with van der Waals surface area (Å²) in [5.74, 6) is -0.290. The van der Waals surface area contributed by atoms with Crippen molar-refractivity contribution in [2.45, 2.75) is 32.9 Å². The number of halogens is 1. The number of ether oxygens (including phenoxy) is 1. The van der Waals surface area contributed by atoms with Crippen LogP contribution < -0.4 is 5.73 Å². The molecule has 1 atom stereocenters. The van der Waals surface area contributed by atoms with Crippen LogP contribution in [0.2, 0.25) is 0 Å². The van der Waals surface area contributed by atoms with Gasteiger partial charge in [-0.2, -0.15) is 0 Å². The van der Waals surface area contributed by atoms with E-state index in [0.717, 1.165) is 26.1 Å². The van der Waals surface area contributed by atoms with Crippen molar-refractivity contribution in [3.05, 3.63) is 35.4 Å². The van der Waals surface area contributed by atoms with Crippen LogP contribution in [0, 0.1) is 5.41 Å². The molecule has 0 aliphatic carbocycles. The molecular formula is C16H25ClN2O2. The molecule has 0 spiro atoms. The molecule has 4 nitrogen and oxygen atoms in total. The van der Waals surface area contributed by atoms with Gasteiger partial charge in [0.25, 0.3) is 0 Å². The van der Waals surface area contributed by atoms with Gasteiger partial charge in [0.05, 0.1) is 12.7 Å². The summed E-state index contributed by atoms with van der Waals surface area (Å²) in [6.07, 6.45) is 1.03. The van der Waals surface area contributed by atoms with E-state index >= 15 is 0 Å². The summed E-state index contributed by atoms with van der Waals surface area (Å²) >= 11 is 0. The van der Waals surface area contributed by atoms with Gasteiger partial charge < -0.3 is 10.5 Å². The Balaban J connectivity index is 0.00000220. The second-order valence-corrected chi connectivity index (χ2v) is 6.28. The first-order chi connectivity index (χ1) is 9.42. The number of methoxy groups -OCH3 is 1. The Morgan fingerprint density at radius 2 is 2.00 bits per heavy atom. The van der Waals surface area contributed by atoms with Gasteiger partial charge in [-0.15, -0.1) is 12.4 Å². The lowest BCUT2D eigenvalue weighted by molar-refractivity contribution is 0.0600. The molecule has 2 rings (SSSR count). The first kappa shape index (κ1) is 18.0. The molecule has 0 radical (unpaired) electrons. The Labute approximate surface area is 133 Å². The average molecular weight is 313 g/mol. The van der Waals surface area contributed by atoms with Crippen molar-refractivity contribution in [1.82, 2.24) is 4.90 Å². The van der Waals surface area contributed by atoms with E-state index in [1.54, 1.807) is 0 Å². The van der Waals surface area contributed by atoms with E-state index in [-0.39, 0.29) is 29.8 Å². The van der Waals surface area contributed by atoms with Crippen LogP contribution >= 0.6 is 12.4 Å². The number of likely N-dealkylation sites (tertiary alicyclic amines) is 1. The smallest absolute Gasteiger partial charge is 0.337 e. The number of nitrogens with zero attached hydrogens (tertiary/aromatic N) is 1. The molecule has 5 heteroatoms. The van der Waals surface area contributed by atoms with Gasteiger partial charge in [0, 0.05) is 25.7 Å². The minimum atomic E-state index is -0.290. The number of carbonyl (C=O) groups is 1. The van der Waals surface area contributed by atoms with Crippen molar-refractivity contribution in [2.75, 3.05) is 20.2 Å². The third-order valence-electron chi connectivity index (χ3n) is 4.17. The summed E-state index contributed by atoms with van der Waals surface area (Å²) in [5.41, 5.74) is 8.12. The molecular weight excluding hydrogens is 288 g/mol. The lowest BCUT2D eigenvalue weighted by Gasteiger charge is -2.42. The van der Waals surface area contributed by atoms with Crippen LogP contribution in [0.25, 0.3) is 0 Å². The van der Waals surface area contributed by atoms with Gasteiger partial charge in [0.15, 0.2) is 0 Å². The van der Waals surface area contributed by atoms with Gasteiger partial charge in [-0.3, -0.25) is 4.90 Å². The Morgan fingerprint density at radius 1 is 1.38 bits per heavy atom. The summed E-state index contributed by atoms with van der Waals surface area (Å²) in [4.78, 5) is 13.8. The third kappa shape index (κ3) is 4.43. The molecule has 0 aromatic heterocycles. The molecule has 0 saturated carbocycles. The zero-order valence-corrected chi connectivity index (χ0v) is 13.8. The number of carbonyl (C=O) groups excluding carboxylic acids is 1. The van der Waals surface area contributed by atoms with Crippen LogP contribution in [0.15, 0.2) is 24.3 Å². The number of piperidine rings is 1. The quantitative estimate of drug-likeness (QED) is 0.871. The van der Waals surface area contributed by atoms with Crippen LogP contribution in [0.1, 0.15) is 36.2 Å². The fourth-order valence-electron chi connectivity index (χ4n) is 2.74. The Hall–Kier alpha value is -1.10. The lowest BCUT2D eigenvalue weighted by Crippen LogP contribution is -2.52. The predicted molar refractivity (Wildman–Crippen MR) is 86.7 cm³/mol. The highest BCUT2D eigenvalue weighted by Gasteiger charge is 2.33. The zero-order valence-electron chi connectivity index (χ0n) is 13.0. The molecule has 118 valence electrons. The molecule has 1 saturated heterocycles. The minimum absolute atomic E-state index is 0. The topological polar surface area (TPSA) is 55.6 Å². The van der Waals surface area contributed by atoms with Crippen molar-refractivity contribution >= 4 is 18.4 Å². The maximum Gasteiger partial charge on any atom is 0.337 e. The van der Waals surface area contributed by atoms with E-state index in [0.29, 0.717) is 5.56 Å². The summed E-state index contributed by atoms with van der Waals surface area (Å²) in [6, 6.07) is 7.91. The van der Waals surface area contributed by atoms with Crippen LogP contribution in [0.5, 0.6) is 0 Å². The van der Waals surface area contributed by atoms with E-state index in [4.69, 9.17) is 10.5 Å². The monoisotopic (exact) mass is 312 g/mol. The van der Waals surface area contributed by atoms with Crippen molar-refractivity contribution < 1.29 is 9.53 Å². The van der Waals surface area contributed by atoms with E-state index < -0.39 is 0 Å². The number of hydrogen-bond donors (Lipinski definition) is 1. The molecule has 1 aromatic rings. The number of esters is 1. The molecule has 1 aliphatic heterocycles. The Bertz CT molecular complexity index is 474. The van der Waals surface area contributed by atoms with Gasteiger partial charge in [0.1, 0.15) is 0 Å². The molecule has 1 aromatic carbocycles. The SMILES string of the molecule is COC(=O)c1ccc(CN2CCC(N)C(C)(C)C2)cc1.Cl. The van der Waals surface area contributed by atoms with Gasteiger partial charge in [0.2, 0.25) is 0 Å². The largest absolute Gasteiger partial charge is 0.465 e. The molecule has 1 unspecified atom stereocenters. The van der Waals surface area contributed by atoms with Crippen molar-refractivity contribution in [2.24, 2.45) is 11.1 Å². The summed E-state index contributed by atoms with van der Waals surface area (Å²) in [7, 11) is 1.40. The van der Waals surface area contributed by atoms with E-state index in [9.17, 15) is 4.79 Å². The number of rotatable bonds is 3. The fourth-order valence-corrected chi connectivity index (χ4v) is 2.74. The maximum absolute atomic E-state index is 11.4. The molecule has 21 heavy (non-hydrogen) atoms. The Kier molecular flexibility index (Phi) is 6.20. The number of nitrogens with two attached hydrogens (primary N) is 1. The molecule has 1 aliphatic rings. The first-order valence-electron chi connectivity index (χ1n) is 7.07. The van der Waals surface area contributed by atoms with Crippen LogP contribution in [0.3, 0.4) is 0 Å². The third-order valence-corrected chi connectivity index (χ3v) is 4.17. The highest BCUT2D eigenvalue weighted by Crippen LogP contribution is 2.28. The zero-order chi connectivity index (χ0) is 14.8. The van der Waals surface area contributed by atoms with Gasteiger partial charge in [-0.25, -0.2) is 4.79 Å². The van der Waals surface area contributed by atoms with Gasteiger partial charge >= 0.3 is 5.97 Å². The normalized spacial score (nSPS) is 21.4. The summed E-state index contributed by atoms with van der Waals surface area (Å²) in [6.45, 7) is 7.39. The van der Waals surface area contributed by atoms with Crippen LogP contribution in [-0.4, -0.2) is 37.1 Å². The van der Waals surface area contributed by atoms with E-state index in [1.165, 1.54) is 12.7 Å². The molecule has 1 heterocycles. The average Bonchev–Trinajstić information content (AvgIpc) is 2.42. The number of benzene rings is 1. The van der Waals surface area contributed by atoms with Crippen molar-refractivity contribution in [1.29, 1.82) is 0 Å². The van der Waals surface area contributed by atoms with E-state index in [2.05, 4.69) is 18.7 Å². The Morgan fingerprint density at radius 3 is 2.52 bits per heavy atom. The van der Waals surface area contributed by atoms with Crippen LogP contribution in [0.4, 0.5) is 0 Å². The lowest BCUT2D eigenvalue weighted by atomic mass is 9.79. The van der Waals surface area contributed by atoms with E-state index in [1.807, 2.05) is 24.3 Å². The summed E-state index contributed by atoms with van der Waals surface area (Å²) < 4.78 is 4.70. The second kappa shape index (κ2) is 7.25. The highest BCUT2D eigenvalue weighted by atomic mass is 35.5. The second-order valence-electron chi connectivity index (χ2n) is 6.28. The molecule has 1 fully saturated rings. The maximum atomic E-state index is 11.4. The van der Waals surface area contributed by atoms with Gasteiger partial charge in [-0.05, 0) is 29.5 Å². The standard InChI is InChI=1S/C16H24N2O2.ClH/c1-16(2)11-18(9-8-14(16)17)10-12-4-6-13(7-5-12)15(19)20-3;/h4-7,14H,8-11,17H2,1-3H3;1H.